The van der Waals surface area contributed by atoms with E-state index in [0.717, 1.165) is 25.0 Å². The van der Waals surface area contributed by atoms with Crippen LogP contribution in [0.15, 0.2) is 0 Å². The molecule has 1 saturated heterocycles. The van der Waals surface area contributed by atoms with Gasteiger partial charge in [0.15, 0.2) is 0 Å². The van der Waals surface area contributed by atoms with Crippen molar-refractivity contribution in [2.24, 2.45) is 11.8 Å². The summed E-state index contributed by atoms with van der Waals surface area (Å²) < 4.78 is 5.72. The van der Waals surface area contributed by atoms with Crippen LogP contribution in [-0.2, 0) is 4.74 Å². The fourth-order valence-electron chi connectivity index (χ4n) is 3.04. The molecule has 2 heteroatoms. The molecule has 0 spiro atoms. The maximum Gasteiger partial charge on any atom is 0.0613 e. The van der Waals surface area contributed by atoms with E-state index < -0.39 is 0 Å². The molecular weight excluding hydrogens is 198 g/mol. The van der Waals surface area contributed by atoms with Crippen LogP contribution < -0.4 is 5.32 Å². The van der Waals surface area contributed by atoms with Gasteiger partial charge in [0.05, 0.1) is 6.10 Å². The van der Waals surface area contributed by atoms with Gasteiger partial charge in [0.2, 0.25) is 0 Å². The highest BCUT2D eigenvalue weighted by Crippen LogP contribution is 2.30. The number of hydrogen-bond donors (Lipinski definition) is 1. The van der Waals surface area contributed by atoms with Gasteiger partial charge in [-0.05, 0) is 38.0 Å². The molecule has 2 aliphatic rings. The van der Waals surface area contributed by atoms with Gasteiger partial charge in [-0.3, -0.25) is 0 Å². The largest absolute Gasteiger partial charge is 0.378 e. The molecule has 0 radical (unpaired) electrons. The highest BCUT2D eigenvalue weighted by atomic mass is 16.5. The minimum Gasteiger partial charge on any atom is -0.378 e. The van der Waals surface area contributed by atoms with E-state index in [0.29, 0.717) is 12.1 Å². The van der Waals surface area contributed by atoms with Gasteiger partial charge in [-0.15, -0.1) is 0 Å². The van der Waals surface area contributed by atoms with E-state index in [9.17, 15) is 0 Å². The SMILES string of the molecule is CCC1OCCC1CNC(C)CC1CCC1. The Balaban J connectivity index is 1.61. The molecule has 0 aromatic rings. The van der Waals surface area contributed by atoms with Gasteiger partial charge in [0, 0.05) is 19.2 Å². The third-order valence-corrected chi connectivity index (χ3v) is 4.39. The Morgan fingerprint density at radius 2 is 2.12 bits per heavy atom. The highest BCUT2D eigenvalue weighted by molar-refractivity contribution is 4.80. The molecule has 1 aliphatic carbocycles. The molecule has 16 heavy (non-hydrogen) atoms. The van der Waals surface area contributed by atoms with Crippen molar-refractivity contribution in [3.05, 3.63) is 0 Å². The Bertz CT molecular complexity index is 203. The molecule has 3 unspecified atom stereocenters. The second-order valence-electron chi connectivity index (χ2n) is 5.71. The van der Waals surface area contributed by atoms with Crippen LogP contribution in [0.1, 0.15) is 52.4 Å². The Labute approximate surface area is 100 Å². The fraction of sp³-hybridized carbons (Fsp3) is 1.00. The summed E-state index contributed by atoms with van der Waals surface area (Å²) in [6.07, 6.45) is 8.72. The molecule has 2 nitrogen and oxygen atoms in total. The van der Waals surface area contributed by atoms with Gasteiger partial charge < -0.3 is 10.1 Å². The van der Waals surface area contributed by atoms with Crippen molar-refractivity contribution in [1.29, 1.82) is 0 Å². The van der Waals surface area contributed by atoms with E-state index in [4.69, 9.17) is 4.74 Å². The summed E-state index contributed by atoms with van der Waals surface area (Å²) in [4.78, 5) is 0. The first kappa shape index (κ1) is 12.4. The summed E-state index contributed by atoms with van der Waals surface area (Å²) in [5.41, 5.74) is 0. The van der Waals surface area contributed by atoms with Gasteiger partial charge in [0.25, 0.3) is 0 Å². The molecule has 0 amide bonds. The van der Waals surface area contributed by atoms with Crippen LogP contribution in [0.4, 0.5) is 0 Å². The maximum atomic E-state index is 5.72. The molecule has 1 heterocycles. The summed E-state index contributed by atoms with van der Waals surface area (Å²) in [5, 5.41) is 3.71. The van der Waals surface area contributed by atoms with Crippen molar-refractivity contribution in [2.75, 3.05) is 13.2 Å². The van der Waals surface area contributed by atoms with E-state index in [1.54, 1.807) is 0 Å². The second kappa shape index (κ2) is 6.02. The summed E-state index contributed by atoms with van der Waals surface area (Å²) in [6, 6.07) is 0.698. The third kappa shape index (κ3) is 3.21. The van der Waals surface area contributed by atoms with Gasteiger partial charge in [0.1, 0.15) is 0 Å². The lowest BCUT2D eigenvalue weighted by molar-refractivity contribution is 0.0863. The van der Waals surface area contributed by atoms with Crippen molar-refractivity contribution in [3.63, 3.8) is 0 Å². The minimum atomic E-state index is 0.517. The first-order chi connectivity index (χ1) is 7.79. The number of rotatable bonds is 6. The molecule has 1 aliphatic heterocycles. The lowest BCUT2D eigenvalue weighted by Crippen LogP contribution is -2.36. The van der Waals surface area contributed by atoms with E-state index in [2.05, 4.69) is 19.2 Å². The summed E-state index contributed by atoms with van der Waals surface area (Å²) in [5.74, 6) is 1.78. The van der Waals surface area contributed by atoms with Gasteiger partial charge in [-0.2, -0.15) is 0 Å². The zero-order valence-corrected chi connectivity index (χ0v) is 10.9. The summed E-state index contributed by atoms with van der Waals surface area (Å²) in [7, 11) is 0. The smallest absolute Gasteiger partial charge is 0.0613 e. The van der Waals surface area contributed by atoms with Crippen LogP contribution in [0.2, 0.25) is 0 Å². The molecule has 0 bridgehead atoms. The van der Waals surface area contributed by atoms with Crippen LogP contribution >= 0.6 is 0 Å². The van der Waals surface area contributed by atoms with Crippen molar-refractivity contribution in [1.82, 2.24) is 5.32 Å². The summed E-state index contributed by atoms with van der Waals surface area (Å²) >= 11 is 0. The molecule has 2 fully saturated rings. The van der Waals surface area contributed by atoms with Crippen LogP contribution in [-0.4, -0.2) is 25.3 Å². The predicted octanol–water partition coefficient (Wildman–Crippen LogP) is 2.97. The third-order valence-electron chi connectivity index (χ3n) is 4.39. The Kier molecular flexibility index (Phi) is 4.66. The fourth-order valence-corrected chi connectivity index (χ4v) is 3.04. The predicted molar refractivity (Wildman–Crippen MR) is 67.6 cm³/mol. The van der Waals surface area contributed by atoms with Crippen molar-refractivity contribution >= 4 is 0 Å². The Morgan fingerprint density at radius 1 is 1.31 bits per heavy atom. The zero-order valence-electron chi connectivity index (χ0n) is 10.9. The first-order valence-corrected chi connectivity index (χ1v) is 7.14. The number of ether oxygens (including phenoxy) is 1. The lowest BCUT2D eigenvalue weighted by atomic mass is 9.81. The maximum absolute atomic E-state index is 5.72. The van der Waals surface area contributed by atoms with Crippen molar-refractivity contribution in [2.45, 2.75) is 64.5 Å². The standard InChI is InChI=1S/C14H27NO/c1-3-14-13(7-8-16-14)10-15-11(2)9-12-5-4-6-12/h11-15H,3-10H2,1-2H3. The number of hydrogen-bond acceptors (Lipinski definition) is 2. The molecule has 3 atom stereocenters. The Hall–Kier alpha value is -0.0800. The lowest BCUT2D eigenvalue weighted by Gasteiger charge is -2.29. The van der Waals surface area contributed by atoms with E-state index >= 15 is 0 Å². The molecule has 0 aromatic heterocycles. The minimum absolute atomic E-state index is 0.517. The topological polar surface area (TPSA) is 21.3 Å². The average molecular weight is 225 g/mol. The van der Waals surface area contributed by atoms with Gasteiger partial charge in [-0.1, -0.05) is 26.2 Å². The van der Waals surface area contributed by atoms with Gasteiger partial charge in [-0.25, -0.2) is 0 Å². The monoisotopic (exact) mass is 225 g/mol. The Morgan fingerprint density at radius 3 is 2.75 bits per heavy atom. The van der Waals surface area contributed by atoms with Crippen molar-refractivity contribution in [3.8, 4) is 0 Å². The highest BCUT2D eigenvalue weighted by Gasteiger charge is 2.27. The molecule has 2 rings (SSSR count). The molecular formula is C14H27NO. The van der Waals surface area contributed by atoms with Crippen LogP contribution in [0, 0.1) is 11.8 Å². The van der Waals surface area contributed by atoms with Crippen molar-refractivity contribution < 1.29 is 4.74 Å². The molecule has 1 saturated carbocycles. The summed E-state index contributed by atoms with van der Waals surface area (Å²) in [6.45, 7) is 6.71. The van der Waals surface area contributed by atoms with Crippen LogP contribution in [0.3, 0.4) is 0 Å². The van der Waals surface area contributed by atoms with Crippen LogP contribution in [0.25, 0.3) is 0 Å². The number of nitrogens with one attached hydrogen (secondary N) is 1. The second-order valence-corrected chi connectivity index (χ2v) is 5.71. The molecule has 94 valence electrons. The average Bonchev–Trinajstić information content (AvgIpc) is 2.68. The van der Waals surface area contributed by atoms with E-state index in [1.165, 1.54) is 38.5 Å². The van der Waals surface area contributed by atoms with E-state index in [-0.39, 0.29) is 0 Å². The zero-order chi connectivity index (χ0) is 11.4. The first-order valence-electron chi connectivity index (χ1n) is 7.14. The van der Waals surface area contributed by atoms with Crippen LogP contribution in [0.5, 0.6) is 0 Å². The van der Waals surface area contributed by atoms with E-state index in [1.807, 2.05) is 0 Å². The van der Waals surface area contributed by atoms with Gasteiger partial charge >= 0.3 is 0 Å². The quantitative estimate of drug-likeness (QED) is 0.750. The molecule has 0 aromatic carbocycles. The molecule has 1 N–H and O–H groups in total. The normalized spacial score (nSPS) is 32.6.